The van der Waals surface area contributed by atoms with Crippen LogP contribution in [0.5, 0.6) is 0 Å². The van der Waals surface area contributed by atoms with Crippen molar-refractivity contribution in [2.45, 2.75) is 25.1 Å². The van der Waals surface area contributed by atoms with Crippen molar-refractivity contribution in [3.63, 3.8) is 0 Å². The van der Waals surface area contributed by atoms with Gasteiger partial charge in [-0.1, -0.05) is 35.9 Å². The van der Waals surface area contributed by atoms with E-state index in [1.807, 2.05) is 0 Å². The lowest BCUT2D eigenvalue weighted by molar-refractivity contribution is -0.141. The normalized spacial score (nSPS) is 19.1. The number of likely N-dealkylation sites (tertiary alicyclic amines) is 1. The van der Waals surface area contributed by atoms with Crippen molar-refractivity contribution in [3.8, 4) is 5.69 Å². The zero-order chi connectivity index (χ0) is 23.6. The minimum atomic E-state index is -4.78. The molecule has 1 saturated heterocycles. The average molecular weight is 480 g/mol. The number of carbonyl (C=O) groups excluding carboxylic acids is 1. The van der Waals surface area contributed by atoms with Crippen LogP contribution in [0.4, 0.5) is 13.2 Å². The lowest BCUT2D eigenvalue weighted by atomic mass is 10.0. The maximum atomic E-state index is 13.6. The standard InChI is InChI=1S/C23H25ClF3N5O/c1-30-11-5-9-19(30)16-6-4-12-31(14-16)13-10-28-22(33)17-15-32(29-21(17)23(25,26)27)20-8-3-2-7-18(20)24/h2-4,6-8,14-15,19H,5,9-13H2,1H3,(H,28,33). The molecular formula is C23H25ClF3N5O. The Kier molecular flexibility index (Phi) is 6.81. The smallest absolute Gasteiger partial charge is 0.372 e. The Balaban J connectivity index is 1.44. The first-order valence-corrected chi connectivity index (χ1v) is 11.1. The van der Waals surface area contributed by atoms with Crippen LogP contribution in [0, 0.1) is 0 Å². The Morgan fingerprint density at radius 1 is 1.30 bits per heavy atom. The van der Waals surface area contributed by atoms with Crippen LogP contribution in [-0.2, 0) is 6.18 Å². The molecule has 4 rings (SSSR count). The van der Waals surface area contributed by atoms with E-state index in [1.54, 1.807) is 18.2 Å². The monoisotopic (exact) mass is 479 g/mol. The number of alkyl halides is 3. The number of halogens is 4. The van der Waals surface area contributed by atoms with Gasteiger partial charge < -0.3 is 10.2 Å². The molecule has 176 valence electrons. The van der Waals surface area contributed by atoms with E-state index >= 15 is 0 Å². The van der Waals surface area contributed by atoms with Gasteiger partial charge in [-0.15, -0.1) is 0 Å². The average Bonchev–Trinajstić information content (AvgIpc) is 3.41. The summed E-state index contributed by atoms with van der Waals surface area (Å²) in [5.74, 6) is -0.826. The quantitative estimate of drug-likeness (QED) is 0.677. The Bertz CT molecular complexity index is 1080. The van der Waals surface area contributed by atoms with Crippen LogP contribution in [0.15, 0.2) is 54.4 Å². The third-order valence-electron chi connectivity index (χ3n) is 5.90. The summed E-state index contributed by atoms with van der Waals surface area (Å²) in [6.45, 7) is 2.44. The summed E-state index contributed by atoms with van der Waals surface area (Å²) in [7, 11) is 2.10. The molecule has 10 heteroatoms. The molecule has 0 bridgehead atoms. The number of likely N-dealkylation sites (N-methyl/N-ethyl adjacent to an activating group) is 1. The molecule has 2 aromatic rings. The van der Waals surface area contributed by atoms with E-state index in [0.717, 1.165) is 30.3 Å². The number of benzene rings is 1. The molecule has 3 heterocycles. The molecule has 0 saturated carbocycles. The van der Waals surface area contributed by atoms with Crippen LogP contribution in [0.3, 0.4) is 0 Å². The van der Waals surface area contributed by atoms with Crippen LogP contribution in [0.25, 0.3) is 5.69 Å². The van der Waals surface area contributed by atoms with E-state index in [2.05, 4.69) is 45.6 Å². The fourth-order valence-corrected chi connectivity index (χ4v) is 4.46. The van der Waals surface area contributed by atoms with Gasteiger partial charge in [0.05, 0.1) is 16.3 Å². The summed E-state index contributed by atoms with van der Waals surface area (Å²) >= 11 is 6.09. The molecule has 1 unspecified atom stereocenters. The molecule has 1 amide bonds. The van der Waals surface area contributed by atoms with Crippen LogP contribution in [0.2, 0.25) is 5.02 Å². The minimum absolute atomic E-state index is 0.200. The van der Waals surface area contributed by atoms with E-state index in [0.29, 0.717) is 19.1 Å². The Labute approximate surface area is 195 Å². The summed E-state index contributed by atoms with van der Waals surface area (Å²) < 4.78 is 41.7. The van der Waals surface area contributed by atoms with E-state index in [1.165, 1.54) is 11.6 Å². The first-order valence-electron chi connectivity index (χ1n) is 10.8. The van der Waals surface area contributed by atoms with Crippen molar-refractivity contribution < 1.29 is 18.0 Å². The number of rotatable bonds is 6. The molecule has 33 heavy (non-hydrogen) atoms. The maximum Gasteiger partial charge on any atom is 0.435 e. The molecule has 6 nitrogen and oxygen atoms in total. The summed E-state index contributed by atoms with van der Waals surface area (Å²) in [6, 6.07) is 6.75. The highest BCUT2D eigenvalue weighted by Gasteiger charge is 2.39. The van der Waals surface area contributed by atoms with E-state index in [4.69, 9.17) is 11.6 Å². The molecule has 1 N–H and O–H groups in total. The largest absolute Gasteiger partial charge is 0.435 e. The zero-order valence-corrected chi connectivity index (χ0v) is 18.9. The van der Waals surface area contributed by atoms with Gasteiger partial charge in [-0.25, -0.2) is 4.68 Å². The SMILES string of the molecule is CN1CCCC1C1=CN(CCNC(=O)c2cn(-c3ccccc3Cl)nc2C(F)(F)F)CC=C1. The molecule has 0 spiro atoms. The Morgan fingerprint density at radius 3 is 2.79 bits per heavy atom. The summed E-state index contributed by atoms with van der Waals surface area (Å²) in [4.78, 5) is 17.0. The first-order chi connectivity index (χ1) is 15.7. The number of nitrogens with zero attached hydrogens (tertiary/aromatic N) is 4. The molecule has 1 aromatic carbocycles. The molecule has 2 aliphatic rings. The molecule has 1 atom stereocenters. The number of para-hydroxylation sites is 1. The van der Waals surface area contributed by atoms with Crippen molar-refractivity contribution in [1.29, 1.82) is 0 Å². The molecule has 0 aliphatic carbocycles. The molecular weight excluding hydrogens is 455 g/mol. The van der Waals surface area contributed by atoms with Crippen molar-refractivity contribution in [1.82, 2.24) is 24.9 Å². The van der Waals surface area contributed by atoms with Crippen LogP contribution >= 0.6 is 11.6 Å². The molecule has 1 fully saturated rings. The highest BCUT2D eigenvalue weighted by molar-refractivity contribution is 6.32. The van der Waals surface area contributed by atoms with Gasteiger partial charge >= 0.3 is 6.18 Å². The van der Waals surface area contributed by atoms with Gasteiger partial charge in [-0.05, 0) is 44.1 Å². The van der Waals surface area contributed by atoms with Crippen LogP contribution < -0.4 is 5.32 Å². The summed E-state index contributed by atoms with van der Waals surface area (Å²) in [5.41, 5.74) is -0.302. The number of amides is 1. The minimum Gasteiger partial charge on any atom is -0.372 e. The lowest BCUT2D eigenvalue weighted by Crippen LogP contribution is -2.35. The first kappa shape index (κ1) is 23.4. The summed E-state index contributed by atoms with van der Waals surface area (Å²) in [5, 5.41) is 6.44. The van der Waals surface area contributed by atoms with Gasteiger partial charge in [0.1, 0.15) is 0 Å². The molecule has 2 aliphatic heterocycles. The van der Waals surface area contributed by atoms with Gasteiger partial charge in [0.25, 0.3) is 5.91 Å². The van der Waals surface area contributed by atoms with Gasteiger partial charge in [-0.3, -0.25) is 9.69 Å². The van der Waals surface area contributed by atoms with Crippen molar-refractivity contribution >= 4 is 17.5 Å². The van der Waals surface area contributed by atoms with Gasteiger partial charge in [-0.2, -0.15) is 18.3 Å². The number of carbonyl (C=O) groups is 1. The van der Waals surface area contributed by atoms with Crippen molar-refractivity contribution in [2.24, 2.45) is 0 Å². The number of hydrogen-bond acceptors (Lipinski definition) is 4. The predicted molar refractivity (Wildman–Crippen MR) is 120 cm³/mol. The third kappa shape index (κ3) is 5.25. The number of hydrogen-bond donors (Lipinski definition) is 1. The second-order valence-corrected chi connectivity index (χ2v) is 8.61. The Hall–Kier alpha value is -2.78. The highest BCUT2D eigenvalue weighted by atomic mass is 35.5. The maximum absolute atomic E-state index is 13.6. The van der Waals surface area contributed by atoms with E-state index in [9.17, 15) is 18.0 Å². The van der Waals surface area contributed by atoms with Crippen molar-refractivity contribution in [2.75, 3.05) is 33.2 Å². The second kappa shape index (κ2) is 9.61. The summed E-state index contributed by atoms with van der Waals surface area (Å²) in [6.07, 6.45) is 4.83. The highest BCUT2D eigenvalue weighted by Crippen LogP contribution is 2.32. The Morgan fingerprint density at radius 2 is 2.09 bits per heavy atom. The second-order valence-electron chi connectivity index (χ2n) is 8.21. The van der Waals surface area contributed by atoms with Crippen LogP contribution in [0.1, 0.15) is 28.9 Å². The van der Waals surface area contributed by atoms with Gasteiger partial charge in [0.15, 0.2) is 5.69 Å². The number of aromatic nitrogens is 2. The molecule has 1 aromatic heterocycles. The lowest BCUT2D eigenvalue weighted by Gasteiger charge is -2.28. The number of nitrogens with one attached hydrogen (secondary N) is 1. The fraction of sp³-hybridized carbons (Fsp3) is 0.391. The zero-order valence-electron chi connectivity index (χ0n) is 18.1. The molecule has 0 radical (unpaired) electrons. The van der Waals surface area contributed by atoms with E-state index < -0.39 is 23.3 Å². The van der Waals surface area contributed by atoms with Crippen molar-refractivity contribution in [3.05, 3.63) is 70.7 Å². The fourth-order valence-electron chi connectivity index (χ4n) is 4.23. The van der Waals surface area contributed by atoms with E-state index in [-0.39, 0.29) is 17.3 Å². The van der Waals surface area contributed by atoms with Gasteiger partial charge in [0, 0.05) is 38.1 Å². The predicted octanol–water partition coefficient (Wildman–Crippen LogP) is 4.12. The van der Waals surface area contributed by atoms with Crippen LogP contribution in [-0.4, -0.2) is 64.8 Å². The topological polar surface area (TPSA) is 53.4 Å². The third-order valence-corrected chi connectivity index (χ3v) is 6.22. The van der Waals surface area contributed by atoms with Gasteiger partial charge in [0.2, 0.25) is 0 Å².